The van der Waals surface area contributed by atoms with Gasteiger partial charge < -0.3 is 5.32 Å². The second-order valence-corrected chi connectivity index (χ2v) is 6.80. The molecule has 2 aromatic heterocycles. The number of fused-ring (bicyclic) bond motifs is 1. The van der Waals surface area contributed by atoms with E-state index in [9.17, 15) is 4.79 Å². The van der Waals surface area contributed by atoms with Gasteiger partial charge in [0.2, 0.25) is 5.91 Å². The lowest BCUT2D eigenvalue weighted by Crippen LogP contribution is -2.33. The summed E-state index contributed by atoms with van der Waals surface area (Å²) in [4.78, 5) is 17.5. The molecule has 1 aliphatic carbocycles. The minimum atomic E-state index is 0.0490. The van der Waals surface area contributed by atoms with Gasteiger partial charge in [0, 0.05) is 29.7 Å². The van der Waals surface area contributed by atoms with Crippen LogP contribution in [0.1, 0.15) is 24.1 Å². The monoisotopic (exact) mass is 311 g/mol. The van der Waals surface area contributed by atoms with E-state index in [-0.39, 0.29) is 11.3 Å². The average Bonchev–Trinajstić information content (AvgIpc) is 3.06. The van der Waals surface area contributed by atoms with Crippen LogP contribution in [0.25, 0.3) is 4.96 Å². The molecule has 1 aliphatic rings. The number of carbonyl (C=O) groups is 1. The van der Waals surface area contributed by atoms with E-state index in [1.54, 1.807) is 11.3 Å². The first kappa shape index (κ1) is 13.5. The Balaban J connectivity index is 1.37. The van der Waals surface area contributed by atoms with Gasteiger partial charge in [-0.15, -0.1) is 11.3 Å². The highest BCUT2D eigenvalue weighted by Crippen LogP contribution is 2.47. The largest absolute Gasteiger partial charge is 0.355 e. The van der Waals surface area contributed by atoms with Crippen molar-refractivity contribution in [2.24, 2.45) is 0 Å². The molecule has 1 N–H and O–H groups in total. The molecule has 4 rings (SSSR count). The third-order valence-corrected chi connectivity index (χ3v) is 5.12. The lowest BCUT2D eigenvalue weighted by atomic mass is 9.96. The van der Waals surface area contributed by atoms with Gasteiger partial charge in [-0.25, -0.2) is 4.98 Å². The molecule has 0 saturated heterocycles. The fraction of sp³-hybridized carbons (Fsp3) is 0.294. The molecule has 2 heterocycles. The number of hydrogen-bond acceptors (Lipinski definition) is 3. The molecule has 22 heavy (non-hydrogen) atoms. The summed E-state index contributed by atoms with van der Waals surface area (Å²) in [6, 6.07) is 10.5. The normalized spacial score (nSPS) is 15.8. The Bertz CT molecular complexity index is 773. The number of amides is 1. The topological polar surface area (TPSA) is 46.4 Å². The molecule has 0 spiro atoms. The van der Waals surface area contributed by atoms with Crippen LogP contribution < -0.4 is 5.32 Å². The number of nitrogens with one attached hydrogen (secondary N) is 1. The van der Waals surface area contributed by atoms with E-state index < -0.39 is 0 Å². The maximum Gasteiger partial charge on any atom is 0.226 e. The summed E-state index contributed by atoms with van der Waals surface area (Å²) in [5, 5.41) is 5.07. The van der Waals surface area contributed by atoms with Gasteiger partial charge in [0.1, 0.15) is 0 Å². The molecule has 3 aromatic rings. The van der Waals surface area contributed by atoms with E-state index in [1.807, 2.05) is 28.2 Å². The third kappa shape index (κ3) is 2.52. The van der Waals surface area contributed by atoms with E-state index in [0.29, 0.717) is 6.42 Å². The molecule has 0 atom stereocenters. The summed E-state index contributed by atoms with van der Waals surface area (Å²) in [6.45, 7) is 0.720. The molecule has 0 bridgehead atoms. The highest BCUT2D eigenvalue weighted by Gasteiger charge is 2.44. The van der Waals surface area contributed by atoms with Crippen LogP contribution in [0.4, 0.5) is 0 Å². The number of aromatic nitrogens is 2. The maximum absolute atomic E-state index is 12.2. The molecular formula is C17H17N3OS. The first-order valence-electron chi connectivity index (χ1n) is 7.49. The van der Waals surface area contributed by atoms with Crippen LogP contribution in [0.2, 0.25) is 0 Å². The summed E-state index contributed by atoms with van der Waals surface area (Å²) in [5.74, 6) is 0.0490. The number of hydrogen-bond donors (Lipinski definition) is 1. The predicted molar refractivity (Wildman–Crippen MR) is 87.1 cm³/mol. The number of benzene rings is 1. The highest BCUT2D eigenvalue weighted by atomic mass is 32.1. The molecule has 4 nitrogen and oxygen atoms in total. The molecule has 0 unspecified atom stereocenters. The van der Waals surface area contributed by atoms with Crippen LogP contribution in [0.15, 0.2) is 48.1 Å². The van der Waals surface area contributed by atoms with Crippen molar-refractivity contribution in [1.82, 2.24) is 14.7 Å². The Morgan fingerprint density at radius 2 is 2.14 bits per heavy atom. The van der Waals surface area contributed by atoms with Crippen molar-refractivity contribution in [2.75, 3.05) is 6.54 Å². The summed E-state index contributed by atoms with van der Waals surface area (Å²) in [5.41, 5.74) is 2.32. The first-order valence-corrected chi connectivity index (χ1v) is 8.36. The second-order valence-electron chi connectivity index (χ2n) is 5.92. The van der Waals surface area contributed by atoms with E-state index in [1.165, 1.54) is 5.56 Å². The molecule has 1 amide bonds. The molecule has 0 radical (unpaired) electrons. The average molecular weight is 311 g/mol. The van der Waals surface area contributed by atoms with Crippen LogP contribution in [0.3, 0.4) is 0 Å². The van der Waals surface area contributed by atoms with Crippen molar-refractivity contribution in [3.63, 3.8) is 0 Å². The maximum atomic E-state index is 12.2. The van der Waals surface area contributed by atoms with Gasteiger partial charge in [-0.05, 0) is 18.4 Å². The Kier molecular flexibility index (Phi) is 3.22. The highest BCUT2D eigenvalue weighted by molar-refractivity contribution is 7.15. The molecule has 1 aromatic carbocycles. The minimum absolute atomic E-state index is 0.0490. The Hall–Kier alpha value is -2.14. The number of rotatable bonds is 5. The summed E-state index contributed by atoms with van der Waals surface area (Å²) >= 11 is 1.58. The zero-order valence-electron chi connectivity index (χ0n) is 12.2. The quantitative estimate of drug-likeness (QED) is 0.787. The number of imidazole rings is 1. The summed E-state index contributed by atoms with van der Waals surface area (Å²) in [7, 11) is 0. The van der Waals surface area contributed by atoms with E-state index in [4.69, 9.17) is 0 Å². The standard InChI is InChI=1S/C17H17N3OS/c21-15(10-14-11-20-8-9-22-16(20)19-14)18-12-17(6-7-17)13-4-2-1-3-5-13/h1-5,8-9,11H,6-7,10,12H2,(H,18,21). The van der Waals surface area contributed by atoms with Gasteiger partial charge in [-0.3, -0.25) is 9.20 Å². The van der Waals surface area contributed by atoms with Gasteiger partial charge in [-0.2, -0.15) is 0 Å². The van der Waals surface area contributed by atoms with E-state index in [2.05, 4.69) is 34.6 Å². The van der Waals surface area contributed by atoms with E-state index in [0.717, 1.165) is 30.0 Å². The van der Waals surface area contributed by atoms with Crippen molar-refractivity contribution in [1.29, 1.82) is 0 Å². The smallest absolute Gasteiger partial charge is 0.226 e. The molecule has 112 valence electrons. The van der Waals surface area contributed by atoms with Crippen LogP contribution >= 0.6 is 11.3 Å². The fourth-order valence-electron chi connectivity index (χ4n) is 2.87. The van der Waals surface area contributed by atoms with Crippen molar-refractivity contribution in [3.05, 3.63) is 59.4 Å². The zero-order valence-corrected chi connectivity index (χ0v) is 13.0. The van der Waals surface area contributed by atoms with Gasteiger partial charge in [0.15, 0.2) is 4.96 Å². The first-order chi connectivity index (χ1) is 10.8. The lowest BCUT2D eigenvalue weighted by molar-refractivity contribution is -0.120. The molecule has 0 aliphatic heterocycles. The summed E-state index contributed by atoms with van der Waals surface area (Å²) < 4.78 is 1.96. The van der Waals surface area contributed by atoms with Crippen molar-refractivity contribution in [3.8, 4) is 0 Å². The Morgan fingerprint density at radius 3 is 2.86 bits per heavy atom. The van der Waals surface area contributed by atoms with Crippen molar-refractivity contribution >= 4 is 22.2 Å². The number of thiazole rings is 1. The van der Waals surface area contributed by atoms with Crippen LogP contribution in [-0.2, 0) is 16.6 Å². The Morgan fingerprint density at radius 1 is 1.32 bits per heavy atom. The van der Waals surface area contributed by atoms with Gasteiger partial charge in [0.25, 0.3) is 0 Å². The molecule has 1 saturated carbocycles. The van der Waals surface area contributed by atoms with Gasteiger partial charge in [-0.1, -0.05) is 30.3 Å². The zero-order chi connectivity index (χ0) is 15.0. The molecule has 5 heteroatoms. The van der Waals surface area contributed by atoms with Crippen LogP contribution in [0, 0.1) is 0 Å². The van der Waals surface area contributed by atoms with Gasteiger partial charge in [0.05, 0.1) is 12.1 Å². The minimum Gasteiger partial charge on any atom is -0.355 e. The van der Waals surface area contributed by atoms with Crippen LogP contribution in [-0.4, -0.2) is 21.8 Å². The molecule has 1 fully saturated rings. The molecular weight excluding hydrogens is 294 g/mol. The number of nitrogens with zero attached hydrogens (tertiary/aromatic N) is 2. The lowest BCUT2D eigenvalue weighted by Gasteiger charge is -2.16. The predicted octanol–water partition coefficient (Wildman–Crippen LogP) is 2.79. The Labute approximate surface area is 132 Å². The third-order valence-electron chi connectivity index (χ3n) is 4.35. The second kappa shape index (κ2) is 5.25. The van der Waals surface area contributed by atoms with Crippen LogP contribution in [0.5, 0.6) is 0 Å². The van der Waals surface area contributed by atoms with E-state index >= 15 is 0 Å². The van der Waals surface area contributed by atoms with Crippen molar-refractivity contribution < 1.29 is 4.79 Å². The summed E-state index contributed by atoms with van der Waals surface area (Å²) in [6.07, 6.45) is 6.53. The number of carbonyl (C=O) groups excluding carboxylic acids is 1. The SMILES string of the molecule is O=C(Cc1cn2ccsc2n1)NCC1(c2ccccc2)CC1. The fourth-order valence-corrected chi connectivity index (χ4v) is 3.59. The van der Waals surface area contributed by atoms with Crippen molar-refractivity contribution in [2.45, 2.75) is 24.7 Å². The van der Waals surface area contributed by atoms with Gasteiger partial charge >= 0.3 is 0 Å².